The zero-order valence-corrected chi connectivity index (χ0v) is 11.8. The summed E-state index contributed by atoms with van der Waals surface area (Å²) in [5, 5.41) is 0. The lowest BCUT2D eigenvalue weighted by Crippen LogP contribution is -2.48. The van der Waals surface area contributed by atoms with Crippen LogP contribution in [0, 0.1) is 5.92 Å². The number of hydrogen-bond acceptors (Lipinski definition) is 3. The molecule has 0 aromatic rings. The van der Waals surface area contributed by atoms with Crippen LogP contribution in [0.1, 0.15) is 25.7 Å². The summed E-state index contributed by atoms with van der Waals surface area (Å²) in [5.74, 6) is 0.558. The van der Waals surface area contributed by atoms with Crippen molar-refractivity contribution >= 4 is 34.8 Å². The summed E-state index contributed by atoms with van der Waals surface area (Å²) in [6.07, 6.45) is 4.82. The van der Waals surface area contributed by atoms with E-state index in [2.05, 4.69) is 0 Å². The molecular formula is C6H13FO3Si4. The monoisotopic (exact) mass is 264 g/mol. The van der Waals surface area contributed by atoms with Gasteiger partial charge in [0.1, 0.15) is 0 Å². The molecule has 0 aromatic heterocycles. The van der Waals surface area contributed by atoms with Crippen molar-refractivity contribution in [3.8, 4) is 0 Å². The summed E-state index contributed by atoms with van der Waals surface area (Å²) in [7, 11) is -4.96. The number of halogens is 1. The van der Waals surface area contributed by atoms with Crippen molar-refractivity contribution in [2.24, 2.45) is 5.92 Å². The predicted octanol–water partition coefficient (Wildman–Crippen LogP) is -0.560. The van der Waals surface area contributed by atoms with Crippen LogP contribution in [0.4, 0.5) is 4.11 Å². The zero-order chi connectivity index (χ0) is 10.4. The first-order valence-electron chi connectivity index (χ1n) is 4.60. The average Bonchev–Trinajstić information content (AvgIpc) is 2.71. The van der Waals surface area contributed by atoms with E-state index in [1.54, 1.807) is 0 Å². The molecule has 0 aliphatic heterocycles. The normalized spacial score (nSPS) is 18.6. The topological polar surface area (TPSA) is 49.7 Å². The Balaban J connectivity index is 2.19. The highest BCUT2D eigenvalue weighted by Gasteiger charge is 2.30. The minimum absolute atomic E-state index is 0.516. The van der Waals surface area contributed by atoms with Gasteiger partial charge in [0, 0.05) is 6.61 Å². The maximum Gasteiger partial charge on any atom is 0.309 e. The molecule has 0 bridgehead atoms. The Labute approximate surface area is 91.4 Å². The first kappa shape index (κ1) is 12.7. The molecule has 1 rings (SSSR count). The van der Waals surface area contributed by atoms with Gasteiger partial charge in [-0.25, -0.2) is 0 Å². The van der Waals surface area contributed by atoms with E-state index in [9.17, 15) is 8.90 Å². The third kappa shape index (κ3) is 4.04. The van der Waals surface area contributed by atoms with E-state index in [0.29, 0.717) is 12.5 Å². The Hall–Kier alpha value is 0.678. The molecule has 0 atom stereocenters. The summed E-state index contributed by atoms with van der Waals surface area (Å²) in [5.41, 5.74) is 0. The van der Waals surface area contributed by atoms with E-state index in [-0.39, 0.29) is 0 Å². The molecule has 3 nitrogen and oxygen atoms in total. The lowest BCUT2D eigenvalue weighted by Gasteiger charge is -2.15. The van der Waals surface area contributed by atoms with E-state index < -0.39 is 34.8 Å². The van der Waals surface area contributed by atoms with Gasteiger partial charge in [0.2, 0.25) is 17.4 Å². The van der Waals surface area contributed by atoms with Crippen molar-refractivity contribution in [3.05, 3.63) is 0 Å². The molecule has 0 spiro atoms. The highest BCUT2D eigenvalue weighted by molar-refractivity contribution is 7.53. The Kier molecular flexibility index (Phi) is 6.40. The van der Waals surface area contributed by atoms with Crippen LogP contribution in [0.15, 0.2) is 0 Å². The Morgan fingerprint density at radius 3 is 2.57 bits per heavy atom. The van der Waals surface area contributed by atoms with Gasteiger partial charge in [-0.05, 0) is 18.8 Å². The minimum atomic E-state index is -1.91. The summed E-state index contributed by atoms with van der Waals surface area (Å²) in [6.45, 7) is 0.588. The van der Waals surface area contributed by atoms with Crippen LogP contribution >= 0.6 is 0 Å². The van der Waals surface area contributed by atoms with E-state index in [1.165, 1.54) is 25.7 Å². The van der Waals surface area contributed by atoms with Crippen LogP contribution in [0.25, 0.3) is 0 Å². The fourth-order valence-electron chi connectivity index (χ4n) is 1.57. The maximum atomic E-state index is 12.5. The molecule has 8 heteroatoms. The lowest BCUT2D eigenvalue weighted by molar-refractivity contribution is 0.263. The zero-order valence-electron chi connectivity index (χ0n) is 7.79. The summed E-state index contributed by atoms with van der Waals surface area (Å²) < 4.78 is 17.9. The average molecular weight is 265 g/mol. The molecule has 1 aliphatic carbocycles. The fourth-order valence-corrected chi connectivity index (χ4v) is 9.15. The van der Waals surface area contributed by atoms with Crippen LogP contribution < -0.4 is 0 Å². The van der Waals surface area contributed by atoms with Crippen molar-refractivity contribution in [3.63, 3.8) is 0 Å². The second-order valence-corrected chi connectivity index (χ2v) is 15.2. The summed E-state index contributed by atoms with van der Waals surface area (Å²) in [4.78, 5) is 18.1. The molecule has 1 aliphatic rings. The smallest absolute Gasteiger partial charge is 0.309 e. The summed E-state index contributed by atoms with van der Waals surface area (Å²) in [6, 6.07) is 0. The Morgan fingerprint density at radius 2 is 2.07 bits per heavy atom. The van der Waals surface area contributed by atoms with E-state index in [1.807, 2.05) is 0 Å². The molecule has 1 saturated carbocycles. The maximum absolute atomic E-state index is 12.5. The molecule has 0 saturated heterocycles. The minimum Gasteiger partial charge on any atom is -0.433 e. The molecular weight excluding hydrogens is 251 g/mol. The molecule has 0 amide bonds. The largest absolute Gasteiger partial charge is 0.433 e. The van der Waals surface area contributed by atoms with Crippen LogP contribution in [0.5, 0.6) is 0 Å². The molecule has 6 radical (unpaired) electrons. The van der Waals surface area contributed by atoms with Gasteiger partial charge in [-0.3, -0.25) is 0 Å². The van der Waals surface area contributed by atoms with E-state index in [4.69, 9.17) is 9.22 Å². The van der Waals surface area contributed by atoms with Gasteiger partial charge >= 0.3 is 9.37 Å². The van der Waals surface area contributed by atoms with Crippen LogP contribution in [-0.4, -0.2) is 51.0 Å². The number of hydrogen-bond donors (Lipinski definition) is 2. The van der Waals surface area contributed by atoms with E-state index in [0.717, 1.165) is 0 Å². The molecule has 78 valence electrons. The Morgan fingerprint density at radius 1 is 1.43 bits per heavy atom. The highest BCUT2D eigenvalue weighted by atomic mass is 29.8. The predicted molar refractivity (Wildman–Crippen MR) is 56.5 cm³/mol. The molecule has 0 heterocycles. The second-order valence-electron chi connectivity index (χ2n) is 3.35. The van der Waals surface area contributed by atoms with Gasteiger partial charge in [0.05, 0.1) is 0 Å². The van der Waals surface area contributed by atoms with E-state index >= 15 is 0 Å². The SMILES string of the molecule is O[Si][Si](O)[Si](OCC1CCCC1)[Si]F. The van der Waals surface area contributed by atoms with Crippen LogP contribution in [0.2, 0.25) is 0 Å². The van der Waals surface area contributed by atoms with Gasteiger partial charge in [-0.15, -0.1) is 0 Å². The van der Waals surface area contributed by atoms with Crippen molar-refractivity contribution < 1.29 is 18.1 Å². The first-order chi connectivity index (χ1) is 6.77. The van der Waals surface area contributed by atoms with Gasteiger partial charge in [0.25, 0.3) is 8.08 Å². The van der Waals surface area contributed by atoms with Crippen molar-refractivity contribution in [1.29, 1.82) is 0 Å². The Bertz CT molecular complexity index is 158. The van der Waals surface area contributed by atoms with Crippen molar-refractivity contribution in [2.75, 3.05) is 6.61 Å². The molecule has 0 aromatic carbocycles. The third-order valence-electron chi connectivity index (χ3n) is 2.34. The molecule has 0 unspecified atom stereocenters. The molecule has 2 N–H and O–H groups in total. The molecule has 1 fully saturated rings. The van der Waals surface area contributed by atoms with Crippen molar-refractivity contribution in [1.82, 2.24) is 0 Å². The highest BCUT2D eigenvalue weighted by Crippen LogP contribution is 2.24. The third-order valence-corrected chi connectivity index (χ3v) is 15.2. The van der Waals surface area contributed by atoms with Gasteiger partial charge in [-0.2, -0.15) is 0 Å². The van der Waals surface area contributed by atoms with Crippen molar-refractivity contribution in [2.45, 2.75) is 25.7 Å². The molecule has 14 heavy (non-hydrogen) atoms. The first-order valence-corrected chi connectivity index (χ1v) is 12.3. The quantitative estimate of drug-likeness (QED) is 0.499. The fraction of sp³-hybridized carbons (Fsp3) is 1.00. The van der Waals surface area contributed by atoms with Crippen LogP contribution in [-0.2, 0) is 4.43 Å². The van der Waals surface area contributed by atoms with Gasteiger partial charge < -0.3 is 18.1 Å². The summed E-state index contributed by atoms with van der Waals surface area (Å²) >= 11 is 0. The van der Waals surface area contributed by atoms with Gasteiger partial charge in [-0.1, -0.05) is 12.8 Å². The van der Waals surface area contributed by atoms with Crippen LogP contribution in [0.3, 0.4) is 0 Å². The standard InChI is InChI=1S/C6H13FO3Si4/c7-11-14(13(9)12-8)10-5-6-3-1-2-4-6/h6,8-9H,1-5H2. The van der Waals surface area contributed by atoms with Gasteiger partial charge in [0.15, 0.2) is 0 Å². The lowest BCUT2D eigenvalue weighted by atomic mass is 10.1. The second kappa shape index (κ2) is 7.03. The number of rotatable bonds is 6.